The minimum Gasteiger partial charge on any atom is -0.481 e. The monoisotopic (exact) mass is 278 g/mol. The highest BCUT2D eigenvalue weighted by atomic mass is 16.6. The van der Waals surface area contributed by atoms with Gasteiger partial charge in [0.1, 0.15) is 0 Å². The first-order valence-electron chi connectivity index (χ1n) is 6.60. The molecule has 0 spiro atoms. The number of nitro groups is 1. The largest absolute Gasteiger partial charge is 0.481 e. The topological polar surface area (TPSA) is 83.7 Å². The number of carboxylic acids is 1. The first-order valence-corrected chi connectivity index (χ1v) is 6.60. The molecule has 1 saturated heterocycles. The van der Waals surface area contributed by atoms with Crippen molar-refractivity contribution in [1.82, 2.24) is 4.90 Å². The van der Waals surface area contributed by atoms with E-state index >= 15 is 0 Å². The first-order chi connectivity index (χ1) is 9.42. The van der Waals surface area contributed by atoms with Crippen molar-refractivity contribution in [2.45, 2.75) is 19.8 Å². The zero-order valence-corrected chi connectivity index (χ0v) is 11.4. The fourth-order valence-electron chi connectivity index (χ4n) is 2.60. The van der Waals surface area contributed by atoms with Crippen molar-refractivity contribution in [3.63, 3.8) is 0 Å². The fraction of sp³-hybridized carbons (Fsp3) is 0.500. The SMILES string of the molecule is CC1(C(=O)O)CCN(CCc2ccccc2[N+](=O)[O-])C1. The predicted molar refractivity (Wildman–Crippen MR) is 73.6 cm³/mol. The molecule has 0 radical (unpaired) electrons. The minimum atomic E-state index is -0.773. The second-order valence-electron chi connectivity index (χ2n) is 5.53. The van der Waals surface area contributed by atoms with Crippen molar-refractivity contribution in [3.8, 4) is 0 Å². The van der Waals surface area contributed by atoms with Crippen LogP contribution in [0.3, 0.4) is 0 Å². The van der Waals surface area contributed by atoms with Gasteiger partial charge < -0.3 is 10.0 Å². The van der Waals surface area contributed by atoms with Crippen LogP contribution in [0.15, 0.2) is 24.3 Å². The van der Waals surface area contributed by atoms with Crippen molar-refractivity contribution in [3.05, 3.63) is 39.9 Å². The van der Waals surface area contributed by atoms with Gasteiger partial charge in [0.05, 0.1) is 10.3 Å². The zero-order valence-electron chi connectivity index (χ0n) is 11.4. The van der Waals surface area contributed by atoms with E-state index in [4.69, 9.17) is 0 Å². The first kappa shape index (κ1) is 14.5. The Morgan fingerprint density at radius 3 is 2.80 bits per heavy atom. The van der Waals surface area contributed by atoms with Crippen LogP contribution >= 0.6 is 0 Å². The van der Waals surface area contributed by atoms with E-state index in [0.717, 1.165) is 6.54 Å². The number of aliphatic carboxylic acids is 1. The maximum absolute atomic E-state index is 11.2. The van der Waals surface area contributed by atoms with Crippen molar-refractivity contribution < 1.29 is 14.8 Å². The average molecular weight is 278 g/mol. The van der Waals surface area contributed by atoms with Crippen LogP contribution in [0.5, 0.6) is 0 Å². The maximum Gasteiger partial charge on any atom is 0.310 e. The van der Waals surface area contributed by atoms with Gasteiger partial charge in [0, 0.05) is 24.7 Å². The number of rotatable bonds is 5. The van der Waals surface area contributed by atoms with E-state index < -0.39 is 11.4 Å². The summed E-state index contributed by atoms with van der Waals surface area (Å²) in [5.74, 6) is -0.773. The Bertz CT molecular complexity index is 532. The number of likely N-dealkylation sites (tertiary alicyclic amines) is 1. The lowest BCUT2D eigenvalue weighted by Gasteiger charge is -2.19. The molecule has 0 bridgehead atoms. The molecular weight excluding hydrogens is 260 g/mol. The maximum atomic E-state index is 11.2. The molecule has 0 amide bonds. The normalized spacial score (nSPS) is 22.9. The summed E-state index contributed by atoms with van der Waals surface area (Å²) in [6.45, 7) is 3.63. The van der Waals surface area contributed by atoms with Gasteiger partial charge in [-0.25, -0.2) is 0 Å². The standard InChI is InChI=1S/C14H18N2O4/c1-14(13(17)18)7-9-15(10-14)8-6-11-4-2-3-5-12(11)16(19)20/h2-5H,6-10H2,1H3,(H,17,18). The summed E-state index contributed by atoms with van der Waals surface area (Å²) in [7, 11) is 0. The molecule has 20 heavy (non-hydrogen) atoms. The van der Waals surface area contributed by atoms with Gasteiger partial charge in [0.15, 0.2) is 0 Å². The Labute approximate surface area is 117 Å². The summed E-state index contributed by atoms with van der Waals surface area (Å²) in [5, 5.41) is 20.1. The van der Waals surface area contributed by atoms with Gasteiger partial charge in [-0.2, -0.15) is 0 Å². The summed E-state index contributed by atoms with van der Waals surface area (Å²) in [4.78, 5) is 23.8. The smallest absolute Gasteiger partial charge is 0.310 e. The number of hydrogen-bond acceptors (Lipinski definition) is 4. The van der Waals surface area contributed by atoms with E-state index in [1.54, 1.807) is 25.1 Å². The Balaban J connectivity index is 1.98. The summed E-state index contributed by atoms with van der Waals surface area (Å²) in [5.41, 5.74) is 0.136. The molecule has 1 atom stereocenters. The van der Waals surface area contributed by atoms with Gasteiger partial charge in [0.25, 0.3) is 5.69 Å². The molecule has 0 aromatic heterocycles. The average Bonchev–Trinajstić information content (AvgIpc) is 2.80. The Morgan fingerprint density at radius 2 is 2.20 bits per heavy atom. The van der Waals surface area contributed by atoms with Gasteiger partial charge >= 0.3 is 5.97 Å². The van der Waals surface area contributed by atoms with Crippen molar-refractivity contribution >= 4 is 11.7 Å². The highest BCUT2D eigenvalue weighted by Gasteiger charge is 2.40. The molecule has 1 aliphatic heterocycles. The molecule has 1 fully saturated rings. The van der Waals surface area contributed by atoms with E-state index in [1.807, 2.05) is 0 Å². The van der Waals surface area contributed by atoms with Crippen LogP contribution < -0.4 is 0 Å². The van der Waals surface area contributed by atoms with E-state index in [-0.39, 0.29) is 10.6 Å². The van der Waals surface area contributed by atoms with Gasteiger partial charge in [-0.05, 0) is 26.3 Å². The van der Waals surface area contributed by atoms with Crippen LogP contribution in [0.2, 0.25) is 0 Å². The molecule has 6 nitrogen and oxygen atoms in total. The molecule has 0 saturated carbocycles. The van der Waals surface area contributed by atoms with Crippen LogP contribution in [0.4, 0.5) is 5.69 Å². The number of benzene rings is 1. The number of carbonyl (C=O) groups is 1. The number of para-hydroxylation sites is 1. The fourth-order valence-corrected chi connectivity index (χ4v) is 2.60. The van der Waals surface area contributed by atoms with E-state index in [0.29, 0.717) is 31.5 Å². The van der Waals surface area contributed by atoms with E-state index in [2.05, 4.69) is 4.90 Å². The van der Waals surface area contributed by atoms with Crippen LogP contribution in [0.25, 0.3) is 0 Å². The molecule has 0 aliphatic carbocycles. The summed E-state index contributed by atoms with van der Waals surface area (Å²) in [6, 6.07) is 6.69. The van der Waals surface area contributed by atoms with Gasteiger partial charge in [0.2, 0.25) is 0 Å². The lowest BCUT2D eigenvalue weighted by molar-refractivity contribution is -0.385. The van der Waals surface area contributed by atoms with Crippen molar-refractivity contribution in [1.29, 1.82) is 0 Å². The van der Waals surface area contributed by atoms with Gasteiger partial charge in [-0.15, -0.1) is 0 Å². The minimum absolute atomic E-state index is 0.132. The molecular formula is C14H18N2O4. The van der Waals surface area contributed by atoms with Crippen LogP contribution in [-0.4, -0.2) is 40.5 Å². The number of carboxylic acid groups (broad SMARTS) is 1. The van der Waals surface area contributed by atoms with Crippen LogP contribution in [0.1, 0.15) is 18.9 Å². The zero-order chi connectivity index (χ0) is 14.8. The van der Waals surface area contributed by atoms with Gasteiger partial charge in [-0.3, -0.25) is 14.9 Å². The Hall–Kier alpha value is -1.95. The highest BCUT2D eigenvalue weighted by molar-refractivity contribution is 5.74. The summed E-state index contributed by atoms with van der Waals surface area (Å²) < 4.78 is 0. The molecule has 1 N–H and O–H groups in total. The molecule has 108 valence electrons. The Kier molecular flexibility index (Phi) is 4.04. The second kappa shape index (κ2) is 5.58. The highest BCUT2D eigenvalue weighted by Crippen LogP contribution is 2.30. The third kappa shape index (κ3) is 2.96. The van der Waals surface area contributed by atoms with E-state index in [9.17, 15) is 20.0 Å². The molecule has 2 rings (SSSR count). The van der Waals surface area contributed by atoms with E-state index in [1.165, 1.54) is 6.07 Å². The molecule has 1 unspecified atom stereocenters. The summed E-state index contributed by atoms with van der Waals surface area (Å²) in [6.07, 6.45) is 1.19. The molecule has 1 aromatic carbocycles. The predicted octanol–water partition coefficient (Wildman–Crippen LogP) is 1.93. The summed E-state index contributed by atoms with van der Waals surface area (Å²) >= 11 is 0. The number of nitro benzene ring substituents is 1. The lowest BCUT2D eigenvalue weighted by atomic mass is 9.90. The Morgan fingerprint density at radius 1 is 1.50 bits per heavy atom. The second-order valence-corrected chi connectivity index (χ2v) is 5.53. The quantitative estimate of drug-likeness (QED) is 0.657. The third-order valence-electron chi connectivity index (χ3n) is 3.95. The number of nitrogens with zero attached hydrogens (tertiary/aromatic N) is 2. The van der Waals surface area contributed by atoms with Crippen LogP contribution in [-0.2, 0) is 11.2 Å². The van der Waals surface area contributed by atoms with Gasteiger partial charge in [-0.1, -0.05) is 18.2 Å². The molecule has 1 aromatic rings. The molecule has 1 heterocycles. The van der Waals surface area contributed by atoms with Crippen molar-refractivity contribution in [2.75, 3.05) is 19.6 Å². The molecule has 1 aliphatic rings. The number of hydrogen-bond donors (Lipinski definition) is 1. The third-order valence-corrected chi connectivity index (χ3v) is 3.95. The molecule has 6 heteroatoms. The lowest BCUT2D eigenvalue weighted by Crippen LogP contribution is -2.32. The van der Waals surface area contributed by atoms with Crippen molar-refractivity contribution in [2.24, 2.45) is 5.41 Å². The van der Waals surface area contributed by atoms with Crippen LogP contribution in [0, 0.1) is 15.5 Å².